The van der Waals surface area contributed by atoms with Gasteiger partial charge in [0.05, 0.1) is 12.7 Å². The zero-order valence-corrected chi connectivity index (χ0v) is 16.3. The number of methoxy groups -OCH3 is 1. The van der Waals surface area contributed by atoms with E-state index < -0.39 is 0 Å². The minimum Gasteiger partial charge on any atom is -0.383 e. The molecule has 0 amide bonds. The van der Waals surface area contributed by atoms with Gasteiger partial charge in [0, 0.05) is 48.0 Å². The topological polar surface area (TPSA) is 21.7 Å². The molecule has 1 aliphatic rings. The van der Waals surface area contributed by atoms with Crippen molar-refractivity contribution in [1.29, 1.82) is 0 Å². The van der Waals surface area contributed by atoms with Crippen LogP contribution in [0.4, 0.5) is 0 Å². The summed E-state index contributed by atoms with van der Waals surface area (Å²) in [5.74, 6) is 0. The summed E-state index contributed by atoms with van der Waals surface area (Å²) in [4.78, 5) is 6.76. The predicted octanol–water partition coefficient (Wildman–Crippen LogP) is 5.01. The minimum atomic E-state index is 0.324. The van der Waals surface area contributed by atoms with Gasteiger partial charge in [-0.15, -0.1) is 22.7 Å². The minimum absolute atomic E-state index is 0.324. The van der Waals surface area contributed by atoms with Crippen LogP contribution < -0.4 is 0 Å². The molecule has 2 aromatic heterocycles. The van der Waals surface area contributed by atoms with Crippen LogP contribution in [0.1, 0.15) is 45.6 Å². The van der Waals surface area contributed by atoms with E-state index in [1.54, 1.807) is 7.11 Å². The fourth-order valence-electron chi connectivity index (χ4n) is 3.04. The Labute approximate surface area is 153 Å². The SMILES string of the molecule is COCCN(Cc1ccc(C2CCCCO2)s1)Cc1sccc1C. The molecule has 0 saturated carbocycles. The first-order valence-corrected chi connectivity index (χ1v) is 10.4. The Kier molecular flexibility index (Phi) is 6.86. The summed E-state index contributed by atoms with van der Waals surface area (Å²) in [5, 5.41) is 2.18. The number of thiophene rings is 2. The first kappa shape index (κ1) is 18.1. The second-order valence-corrected chi connectivity index (χ2v) is 8.59. The number of aryl methyl sites for hydroxylation is 1. The quantitative estimate of drug-likeness (QED) is 0.656. The van der Waals surface area contributed by atoms with Crippen LogP contribution >= 0.6 is 22.7 Å². The average molecular weight is 366 g/mol. The lowest BCUT2D eigenvalue weighted by Gasteiger charge is -2.22. The number of nitrogens with zero attached hydrogens (tertiary/aromatic N) is 1. The van der Waals surface area contributed by atoms with Crippen LogP contribution in [0.5, 0.6) is 0 Å². The van der Waals surface area contributed by atoms with Gasteiger partial charge in [0.25, 0.3) is 0 Å². The van der Waals surface area contributed by atoms with E-state index in [-0.39, 0.29) is 0 Å². The fourth-order valence-corrected chi connectivity index (χ4v) is 5.13. The van der Waals surface area contributed by atoms with Gasteiger partial charge in [-0.25, -0.2) is 0 Å². The molecule has 0 spiro atoms. The molecule has 1 saturated heterocycles. The maximum Gasteiger partial charge on any atom is 0.0916 e. The maximum atomic E-state index is 5.93. The molecule has 3 nitrogen and oxygen atoms in total. The number of hydrogen-bond acceptors (Lipinski definition) is 5. The van der Waals surface area contributed by atoms with Crippen molar-refractivity contribution in [3.05, 3.63) is 43.8 Å². The third-order valence-corrected chi connectivity index (χ3v) is 6.68. The van der Waals surface area contributed by atoms with Gasteiger partial charge in [-0.1, -0.05) is 0 Å². The van der Waals surface area contributed by atoms with Gasteiger partial charge < -0.3 is 9.47 Å². The van der Waals surface area contributed by atoms with Crippen molar-refractivity contribution in [2.24, 2.45) is 0 Å². The van der Waals surface area contributed by atoms with Crippen LogP contribution in [-0.4, -0.2) is 31.8 Å². The highest BCUT2D eigenvalue weighted by Gasteiger charge is 2.18. The van der Waals surface area contributed by atoms with E-state index in [0.717, 1.165) is 32.8 Å². The second-order valence-electron chi connectivity index (χ2n) is 6.39. The van der Waals surface area contributed by atoms with Crippen LogP contribution in [0.15, 0.2) is 23.6 Å². The zero-order valence-electron chi connectivity index (χ0n) is 14.6. The summed E-state index contributed by atoms with van der Waals surface area (Å²) in [5.41, 5.74) is 1.39. The maximum absolute atomic E-state index is 5.93. The highest BCUT2D eigenvalue weighted by molar-refractivity contribution is 7.12. The standard InChI is InChI=1S/C19H27NO2S2/c1-15-8-12-23-19(15)14-20(9-11-21-2)13-16-6-7-18(24-16)17-5-3-4-10-22-17/h6-8,12,17H,3-5,9-11,13-14H2,1-2H3. The van der Waals surface area contributed by atoms with E-state index >= 15 is 0 Å². The average Bonchev–Trinajstić information content (AvgIpc) is 3.23. The second kappa shape index (κ2) is 9.11. The molecule has 0 N–H and O–H groups in total. The summed E-state index contributed by atoms with van der Waals surface area (Å²) in [6.07, 6.45) is 3.99. The Morgan fingerprint density at radius 3 is 2.88 bits per heavy atom. The van der Waals surface area contributed by atoms with Gasteiger partial charge in [0.2, 0.25) is 0 Å². The molecule has 1 fully saturated rings. The number of rotatable bonds is 8. The van der Waals surface area contributed by atoms with Gasteiger partial charge in [0.15, 0.2) is 0 Å². The van der Waals surface area contributed by atoms with E-state index in [9.17, 15) is 0 Å². The van der Waals surface area contributed by atoms with Crippen LogP contribution in [0.25, 0.3) is 0 Å². The first-order valence-electron chi connectivity index (χ1n) is 8.70. The number of ether oxygens (including phenoxy) is 2. The third kappa shape index (κ3) is 4.90. The largest absolute Gasteiger partial charge is 0.383 e. The van der Waals surface area contributed by atoms with Crippen molar-refractivity contribution in [2.75, 3.05) is 26.9 Å². The van der Waals surface area contributed by atoms with E-state index in [1.807, 2.05) is 22.7 Å². The van der Waals surface area contributed by atoms with Gasteiger partial charge in [-0.2, -0.15) is 0 Å². The van der Waals surface area contributed by atoms with Crippen molar-refractivity contribution < 1.29 is 9.47 Å². The van der Waals surface area contributed by atoms with Gasteiger partial charge >= 0.3 is 0 Å². The Morgan fingerprint density at radius 2 is 2.17 bits per heavy atom. The summed E-state index contributed by atoms with van der Waals surface area (Å²) < 4.78 is 11.2. The molecule has 1 unspecified atom stereocenters. The lowest BCUT2D eigenvalue weighted by molar-refractivity contribution is 0.0172. The summed E-state index contributed by atoms with van der Waals surface area (Å²) in [6, 6.07) is 6.75. The van der Waals surface area contributed by atoms with Crippen LogP contribution in [-0.2, 0) is 22.6 Å². The van der Waals surface area contributed by atoms with Crippen molar-refractivity contribution >= 4 is 22.7 Å². The molecule has 5 heteroatoms. The molecule has 0 aromatic carbocycles. The monoisotopic (exact) mass is 365 g/mol. The molecule has 3 heterocycles. The lowest BCUT2D eigenvalue weighted by Crippen LogP contribution is -2.26. The highest BCUT2D eigenvalue weighted by Crippen LogP contribution is 2.33. The van der Waals surface area contributed by atoms with E-state index in [4.69, 9.17) is 9.47 Å². The van der Waals surface area contributed by atoms with E-state index in [1.165, 1.54) is 39.5 Å². The molecule has 3 rings (SSSR count). The van der Waals surface area contributed by atoms with Crippen molar-refractivity contribution in [3.8, 4) is 0 Å². The van der Waals surface area contributed by atoms with Crippen molar-refractivity contribution in [1.82, 2.24) is 4.90 Å². The molecule has 1 aliphatic heterocycles. The lowest BCUT2D eigenvalue weighted by atomic mass is 10.1. The summed E-state index contributed by atoms with van der Waals surface area (Å²) in [7, 11) is 1.78. The first-order chi connectivity index (χ1) is 11.8. The molecule has 1 atom stereocenters. The zero-order chi connectivity index (χ0) is 16.8. The molecular weight excluding hydrogens is 338 g/mol. The van der Waals surface area contributed by atoms with Crippen molar-refractivity contribution in [3.63, 3.8) is 0 Å². The Bertz CT molecular complexity index is 616. The highest BCUT2D eigenvalue weighted by atomic mass is 32.1. The molecule has 132 valence electrons. The van der Waals surface area contributed by atoms with Crippen LogP contribution in [0, 0.1) is 6.92 Å². The fraction of sp³-hybridized carbons (Fsp3) is 0.579. The van der Waals surface area contributed by atoms with Gasteiger partial charge in [-0.3, -0.25) is 4.90 Å². The molecule has 2 aromatic rings. The predicted molar refractivity (Wildman–Crippen MR) is 102 cm³/mol. The van der Waals surface area contributed by atoms with Gasteiger partial charge in [-0.05, 0) is 55.3 Å². The smallest absolute Gasteiger partial charge is 0.0916 e. The molecule has 0 aliphatic carbocycles. The van der Waals surface area contributed by atoms with Crippen LogP contribution in [0.2, 0.25) is 0 Å². The molecular formula is C19H27NO2S2. The normalized spacial score (nSPS) is 18.4. The van der Waals surface area contributed by atoms with Crippen molar-refractivity contribution in [2.45, 2.75) is 45.4 Å². The van der Waals surface area contributed by atoms with E-state index in [0.29, 0.717) is 6.10 Å². The third-order valence-electron chi connectivity index (χ3n) is 4.51. The Balaban J connectivity index is 1.63. The van der Waals surface area contributed by atoms with Crippen LogP contribution in [0.3, 0.4) is 0 Å². The summed E-state index contributed by atoms with van der Waals surface area (Å²) in [6.45, 7) is 6.83. The van der Waals surface area contributed by atoms with E-state index in [2.05, 4.69) is 35.4 Å². The Morgan fingerprint density at radius 1 is 1.25 bits per heavy atom. The molecule has 0 bridgehead atoms. The summed E-state index contributed by atoms with van der Waals surface area (Å²) >= 11 is 3.76. The Hall–Kier alpha value is -0.720. The number of hydrogen-bond donors (Lipinski definition) is 0. The van der Waals surface area contributed by atoms with Gasteiger partial charge in [0.1, 0.15) is 0 Å². The molecule has 0 radical (unpaired) electrons. The molecule has 24 heavy (non-hydrogen) atoms.